The molecule has 7 nitrogen and oxygen atoms in total. The maximum absolute atomic E-state index is 11.1. The second-order valence-electron chi connectivity index (χ2n) is 5.46. The number of nitro groups is 1. The van der Waals surface area contributed by atoms with E-state index in [9.17, 15) is 14.9 Å². The van der Waals surface area contributed by atoms with E-state index in [0.29, 0.717) is 5.52 Å². The van der Waals surface area contributed by atoms with Crippen molar-refractivity contribution < 1.29 is 14.8 Å². The molecule has 118 valence electrons. The topological polar surface area (TPSA) is 112 Å². The molecular weight excluding hydrogens is 310 g/mol. The molecule has 2 heterocycles. The summed E-state index contributed by atoms with van der Waals surface area (Å²) in [6.45, 7) is 0. The normalized spacial score (nSPS) is 11.2. The molecule has 4 aromatic rings. The van der Waals surface area contributed by atoms with Crippen molar-refractivity contribution in [1.82, 2.24) is 9.97 Å². The van der Waals surface area contributed by atoms with E-state index in [-0.39, 0.29) is 11.3 Å². The summed E-state index contributed by atoms with van der Waals surface area (Å²) >= 11 is 0. The highest BCUT2D eigenvalue weighted by molar-refractivity contribution is 6.06. The molecule has 0 saturated heterocycles. The van der Waals surface area contributed by atoms with Gasteiger partial charge in [-0.15, -0.1) is 0 Å². The SMILES string of the molecule is O=C(O)c1ccc2c(-c3c[nH]c4ccc([N+](=O)[O-])cc34)c[nH]c2c1. The van der Waals surface area contributed by atoms with Crippen LogP contribution in [-0.2, 0) is 0 Å². The van der Waals surface area contributed by atoms with Gasteiger partial charge in [-0.3, -0.25) is 10.1 Å². The first-order valence-corrected chi connectivity index (χ1v) is 7.15. The average molecular weight is 321 g/mol. The van der Waals surface area contributed by atoms with Crippen LogP contribution in [0, 0.1) is 10.1 Å². The van der Waals surface area contributed by atoms with Crippen molar-refractivity contribution in [2.45, 2.75) is 0 Å². The molecular formula is C17H11N3O4. The Morgan fingerprint density at radius 3 is 2.38 bits per heavy atom. The molecule has 0 radical (unpaired) electrons. The molecule has 0 amide bonds. The number of carboxylic acid groups (broad SMARTS) is 1. The third-order valence-corrected chi connectivity index (χ3v) is 4.10. The maximum atomic E-state index is 11.1. The number of aromatic carboxylic acids is 1. The van der Waals surface area contributed by atoms with Gasteiger partial charge in [0.05, 0.1) is 10.5 Å². The Bertz CT molecular complexity index is 1120. The lowest BCUT2D eigenvalue weighted by molar-refractivity contribution is -0.384. The number of aromatic amines is 2. The Morgan fingerprint density at radius 1 is 0.958 bits per heavy atom. The van der Waals surface area contributed by atoms with Crippen LogP contribution >= 0.6 is 0 Å². The average Bonchev–Trinajstić information content (AvgIpc) is 3.16. The summed E-state index contributed by atoms with van der Waals surface area (Å²) in [6, 6.07) is 9.51. The predicted molar refractivity (Wildman–Crippen MR) is 89.2 cm³/mol. The molecule has 7 heteroatoms. The molecule has 2 aromatic heterocycles. The van der Waals surface area contributed by atoms with Crippen molar-refractivity contribution in [2.75, 3.05) is 0 Å². The van der Waals surface area contributed by atoms with Gasteiger partial charge in [-0.1, -0.05) is 6.07 Å². The van der Waals surface area contributed by atoms with Crippen LogP contribution in [0.5, 0.6) is 0 Å². The fourth-order valence-corrected chi connectivity index (χ4v) is 2.93. The van der Waals surface area contributed by atoms with Gasteiger partial charge in [0, 0.05) is 57.5 Å². The number of carbonyl (C=O) groups is 1. The fourth-order valence-electron chi connectivity index (χ4n) is 2.93. The van der Waals surface area contributed by atoms with Crippen molar-refractivity contribution in [3.8, 4) is 11.1 Å². The number of hydrogen-bond donors (Lipinski definition) is 3. The van der Waals surface area contributed by atoms with Crippen LogP contribution in [0.3, 0.4) is 0 Å². The Labute approximate surface area is 134 Å². The smallest absolute Gasteiger partial charge is 0.335 e. The van der Waals surface area contributed by atoms with E-state index < -0.39 is 10.9 Å². The number of rotatable bonds is 3. The Hall–Kier alpha value is -3.61. The van der Waals surface area contributed by atoms with E-state index in [0.717, 1.165) is 27.4 Å². The summed E-state index contributed by atoms with van der Waals surface area (Å²) in [4.78, 5) is 27.8. The van der Waals surface area contributed by atoms with Gasteiger partial charge in [0.15, 0.2) is 0 Å². The van der Waals surface area contributed by atoms with Crippen LogP contribution in [0.2, 0.25) is 0 Å². The minimum atomic E-state index is -0.990. The lowest BCUT2D eigenvalue weighted by Crippen LogP contribution is -1.94. The Balaban J connectivity index is 1.94. The molecule has 0 saturated carbocycles. The lowest BCUT2D eigenvalue weighted by Gasteiger charge is -1.99. The number of nitro benzene ring substituents is 1. The first-order valence-electron chi connectivity index (χ1n) is 7.15. The zero-order chi connectivity index (χ0) is 16.8. The zero-order valence-electron chi connectivity index (χ0n) is 12.2. The number of carboxylic acids is 1. The van der Waals surface area contributed by atoms with E-state index in [1.54, 1.807) is 36.7 Å². The summed E-state index contributed by atoms with van der Waals surface area (Å²) in [7, 11) is 0. The van der Waals surface area contributed by atoms with Gasteiger partial charge in [0.1, 0.15) is 0 Å². The largest absolute Gasteiger partial charge is 0.478 e. The van der Waals surface area contributed by atoms with Crippen LogP contribution in [0.4, 0.5) is 5.69 Å². The number of hydrogen-bond acceptors (Lipinski definition) is 3. The molecule has 4 rings (SSSR count). The van der Waals surface area contributed by atoms with Gasteiger partial charge in [-0.25, -0.2) is 4.79 Å². The summed E-state index contributed by atoms with van der Waals surface area (Å²) in [6.07, 6.45) is 3.57. The number of fused-ring (bicyclic) bond motifs is 2. The van der Waals surface area contributed by atoms with Crippen LogP contribution in [0.1, 0.15) is 10.4 Å². The van der Waals surface area contributed by atoms with Gasteiger partial charge in [-0.05, 0) is 18.2 Å². The number of nitrogens with zero attached hydrogens (tertiary/aromatic N) is 1. The number of benzene rings is 2. The van der Waals surface area contributed by atoms with E-state index in [4.69, 9.17) is 5.11 Å². The third-order valence-electron chi connectivity index (χ3n) is 4.10. The Morgan fingerprint density at radius 2 is 1.67 bits per heavy atom. The first kappa shape index (κ1) is 14.0. The van der Waals surface area contributed by atoms with Crippen LogP contribution in [0.25, 0.3) is 32.9 Å². The van der Waals surface area contributed by atoms with E-state index in [1.165, 1.54) is 12.1 Å². The minimum absolute atomic E-state index is 0.0244. The molecule has 2 aromatic carbocycles. The molecule has 0 aliphatic heterocycles. The van der Waals surface area contributed by atoms with E-state index in [1.807, 2.05) is 0 Å². The molecule has 0 bridgehead atoms. The zero-order valence-corrected chi connectivity index (χ0v) is 12.2. The third kappa shape index (κ3) is 2.03. The second kappa shape index (κ2) is 4.95. The van der Waals surface area contributed by atoms with Crippen molar-refractivity contribution in [2.24, 2.45) is 0 Å². The van der Waals surface area contributed by atoms with Gasteiger partial charge in [-0.2, -0.15) is 0 Å². The lowest BCUT2D eigenvalue weighted by atomic mass is 10.0. The molecule has 0 unspecified atom stereocenters. The number of nitrogens with one attached hydrogen (secondary N) is 2. The highest BCUT2D eigenvalue weighted by atomic mass is 16.6. The number of aromatic nitrogens is 2. The van der Waals surface area contributed by atoms with Crippen LogP contribution in [0.15, 0.2) is 48.8 Å². The number of H-pyrrole nitrogens is 2. The van der Waals surface area contributed by atoms with Crippen molar-refractivity contribution in [3.63, 3.8) is 0 Å². The molecule has 0 aliphatic carbocycles. The summed E-state index contributed by atoms with van der Waals surface area (Å²) in [5.74, 6) is -0.990. The molecule has 24 heavy (non-hydrogen) atoms. The number of non-ortho nitro benzene ring substituents is 1. The van der Waals surface area contributed by atoms with Crippen molar-refractivity contribution in [1.29, 1.82) is 0 Å². The quantitative estimate of drug-likeness (QED) is 0.392. The fraction of sp³-hybridized carbons (Fsp3) is 0. The second-order valence-corrected chi connectivity index (χ2v) is 5.46. The van der Waals surface area contributed by atoms with Crippen LogP contribution < -0.4 is 0 Å². The Kier molecular flexibility index (Phi) is 2.89. The van der Waals surface area contributed by atoms with Gasteiger partial charge in [0.25, 0.3) is 5.69 Å². The van der Waals surface area contributed by atoms with E-state index in [2.05, 4.69) is 9.97 Å². The van der Waals surface area contributed by atoms with Crippen LogP contribution in [-0.4, -0.2) is 26.0 Å². The minimum Gasteiger partial charge on any atom is -0.478 e. The predicted octanol–water partition coefficient (Wildman–Crippen LogP) is 3.92. The monoisotopic (exact) mass is 321 g/mol. The molecule has 0 spiro atoms. The summed E-state index contributed by atoms with van der Waals surface area (Å²) < 4.78 is 0. The maximum Gasteiger partial charge on any atom is 0.335 e. The highest BCUT2D eigenvalue weighted by Gasteiger charge is 2.15. The first-order chi connectivity index (χ1) is 11.5. The van der Waals surface area contributed by atoms with Crippen molar-refractivity contribution >= 4 is 33.5 Å². The highest BCUT2D eigenvalue weighted by Crippen LogP contribution is 2.35. The van der Waals surface area contributed by atoms with Gasteiger partial charge < -0.3 is 15.1 Å². The molecule has 0 atom stereocenters. The standard InChI is InChI=1S/C17H11N3O4/c21-17(22)9-1-3-11-13(7-19-16(11)5-9)14-8-18-15-4-2-10(20(23)24)6-12(14)15/h1-8,18-19H,(H,21,22). The molecule has 0 fully saturated rings. The van der Waals surface area contributed by atoms with Gasteiger partial charge >= 0.3 is 5.97 Å². The van der Waals surface area contributed by atoms with E-state index >= 15 is 0 Å². The summed E-state index contributed by atoms with van der Waals surface area (Å²) in [5, 5.41) is 21.7. The van der Waals surface area contributed by atoms with Crippen molar-refractivity contribution in [3.05, 3.63) is 64.5 Å². The molecule has 0 aliphatic rings. The summed E-state index contributed by atoms with van der Waals surface area (Å²) in [5.41, 5.74) is 3.40. The molecule has 3 N–H and O–H groups in total. The van der Waals surface area contributed by atoms with Gasteiger partial charge in [0.2, 0.25) is 0 Å².